The first kappa shape index (κ1) is 9.75. The topological polar surface area (TPSA) is 35.2 Å². The number of ether oxygens (including phenoxy) is 1. The van der Waals surface area contributed by atoms with Crippen LogP contribution in [0.1, 0.15) is 32.1 Å². The van der Waals surface area contributed by atoms with E-state index in [-0.39, 0.29) is 0 Å². The minimum absolute atomic E-state index is 0.457. The molecule has 2 N–H and O–H groups in total. The highest BCUT2D eigenvalue weighted by Gasteiger charge is 2.08. The Balaban J connectivity index is 2.18. The van der Waals surface area contributed by atoms with Crippen LogP contribution in [0.4, 0.5) is 0 Å². The van der Waals surface area contributed by atoms with Crippen molar-refractivity contribution < 1.29 is 4.74 Å². The second-order valence-electron chi connectivity index (χ2n) is 3.26. The summed E-state index contributed by atoms with van der Waals surface area (Å²) < 4.78 is 5.61. The van der Waals surface area contributed by atoms with Crippen molar-refractivity contribution in [3.05, 3.63) is 12.2 Å². The third-order valence-corrected chi connectivity index (χ3v) is 2.19. The van der Waals surface area contributed by atoms with E-state index in [1.54, 1.807) is 0 Å². The van der Waals surface area contributed by atoms with Crippen molar-refractivity contribution >= 4 is 0 Å². The molecule has 2 nitrogen and oxygen atoms in total. The third-order valence-electron chi connectivity index (χ3n) is 2.19. The van der Waals surface area contributed by atoms with Gasteiger partial charge in [0.05, 0.1) is 12.7 Å². The maximum atomic E-state index is 5.61. The van der Waals surface area contributed by atoms with E-state index < -0.39 is 0 Å². The second-order valence-corrected chi connectivity index (χ2v) is 3.26. The lowest BCUT2D eigenvalue weighted by atomic mass is 10.0. The lowest BCUT2D eigenvalue weighted by molar-refractivity contribution is 0.0457. The van der Waals surface area contributed by atoms with Crippen molar-refractivity contribution in [2.75, 3.05) is 13.2 Å². The molecule has 1 atom stereocenters. The minimum atomic E-state index is 0.457. The molecule has 2 heteroatoms. The highest BCUT2D eigenvalue weighted by molar-refractivity contribution is 4.85. The summed E-state index contributed by atoms with van der Waals surface area (Å²) in [5.74, 6) is 0. The molecule has 0 spiro atoms. The van der Waals surface area contributed by atoms with Gasteiger partial charge in [-0.3, -0.25) is 0 Å². The summed E-state index contributed by atoms with van der Waals surface area (Å²) in [4.78, 5) is 0. The van der Waals surface area contributed by atoms with Crippen LogP contribution in [-0.2, 0) is 4.74 Å². The van der Waals surface area contributed by atoms with Crippen LogP contribution >= 0.6 is 0 Å². The fraction of sp³-hybridized carbons (Fsp3) is 0.800. The summed E-state index contributed by atoms with van der Waals surface area (Å²) in [5.41, 5.74) is 5.38. The van der Waals surface area contributed by atoms with Crippen molar-refractivity contribution in [2.24, 2.45) is 5.73 Å². The SMILES string of the molecule is NCCOC1CCC=CCCC1. The Morgan fingerprint density at radius 3 is 2.92 bits per heavy atom. The van der Waals surface area contributed by atoms with Gasteiger partial charge >= 0.3 is 0 Å². The Bertz CT molecular complexity index is 134. The zero-order chi connectivity index (χ0) is 8.65. The fourth-order valence-electron chi connectivity index (χ4n) is 1.53. The van der Waals surface area contributed by atoms with Crippen molar-refractivity contribution in [3.63, 3.8) is 0 Å². The number of hydrogen-bond donors (Lipinski definition) is 1. The third kappa shape index (κ3) is 3.88. The predicted molar refractivity (Wildman–Crippen MR) is 51.0 cm³/mol. The molecule has 0 aromatic carbocycles. The van der Waals surface area contributed by atoms with Gasteiger partial charge in [0.25, 0.3) is 0 Å². The molecule has 1 aliphatic carbocycles. The molecule has 0 fully saturated rings. The quantitative estimate of drug-likeness (QED) is 0.654. The maximum Gasteiger partial charge on any atom is 0.0592 e. The molecule has 1 rings (SSSR count). The first-order chi connectivity index (χ1) is 5.93. The molecular weight excluding hydrogens is 150 g/mol. The first-order valence-electron chi connectivity index (χ1n) is 4.90. The molecule has 0 saturated heterocycles. The second kappa shape index (κ2) is 6.21. The van der Waals surface area contributed by atoms with Gasteiger partial charge in [-0.25, -0.2) is 0 Å². The largest absolute Gasteiger partial charge is 0.377 e. The van der Waals surface area contributed by atoms with Gasteiger partial charge in [0.2, 0.25) is 0 Å². The molecule has 1 aliphatic rings. The first-order valence-corrected chi connectivity index (χ1v) is 4.90. The Hall–Kier alpha value is -0.340. The molecule has 12 heavy (non-hydrogen) atoms. The van der Waals surface area contributed by atoms with Crippen LogP contribution in [0.15, 0.2) is 12.2 Å². The number of rotatable bonds is 3. The van der Waals surface area contributed by atoms with E-state index in [0.717, 1.165) is 12.8 Å². The van der Waals surface area contributed by atoms with Crippen molar-refractivity contribution in [3.8, 4) is 0 Å². The van der Waals surface area contributed by atoms with E-state index in [1.165, 1.54) is 19.3 Å². The normalized spacial score (nSPS) is 24.9. The Morgan fingerprint density at radius 2 is 2.08 bits per heavy atom. The van der Waals surface area contributed by atoms with E-state index in [2.05, 4.69) is 12.2 Å². The lowest BCUT2D eigenvalue weighted by Crippen LogP contribution is -2.18. The standard InChI is InChI=1S/C10H19NO/c11-8-9-12-10-6-4-2-1-3-5-7-10/h1-2,10H,3-9,11H2. The smallest absolute Gasteiger partial charge is 0.0592 e. The van der Waals surface area contributed by atoms with Gasteiger partial charge in [-0.05, 0) is 32.1 Å². The van der Waals surface area contributed by atoms with Crippen LogP contribution in [0.2, 0.25) is 0 Å². The molecule has 0 aliphatic heterocycles. The highest BCUT2D eigenvalue weighted by Crippen LogP contribution is 2.14. The van der Waals surface area contributed by atoms with Gasteiger partial charge in [0.15, 0.2) is 0 Å². The summed E-state index contributed by atoms with van der Waals surface area (Å²) in [6, 6.07) is 0. The molecule has 0 radical (unpaired) electrons. The van der Waals surface area contributed by atoms with E-state index in [1.807, 2.05) is 0 Å². The molecule has 0 amide bonds. The average Bonchev–Trinajstić information content (AvgIpc) is 2.02. The predicted octanol–water partition coefficient (Wildman–Crippen LogP) is 1.85. The molecule has 0 bridgehead atoms. The molecule has 0 aromatic heterocycles. The number of allylic oxidation sites excluding steroid dienone is 2. The number of nitrogens with two attached hydrogens (primary N) is 1. The summed E-state index contributed by atoms with van der Waals surface area (Å²) in [5, 5.41) is 0. The average molecular weight is 169 g/mol. The maximum absolute atomic E-state index is 5.61. The highest BCUT2D eigenvalue weighted by atomic mass is 16.5. The van der Waals surface area contributed by atoms with Crippen LogP contribution in [0.25, 0.3) is 0 Å². The van der Waals surface area contributed by atoms with E-state index in [4.69, 9.17) is 10.5 Å². The molecule has 0 saturated carbocycles. The van der Waals surface area contributed by atoms with E-state index in [0.29, 0.717) is 19.3 Å². The summed E-state index contributed by atoms with van der Waals surface area (Å²) in [6.45, 7) is 1.36. The zero-order valence-electron chi connectivity index (χ0n) is 7.67. The van der Waals surface area contributed by atoms with Crippen molar-refractivity contribution in [1.82, 2.24) is 0 Å². The van der Waals surface area contributed by atoms with Gasteiger partial charge in [-0.15, -0.1) is 0 Å². The van der Waals surface area contributed by atoms with E-state index >= 15 is 0 Å². The molecular formula is C10H19NO. The molecule has 1 unspecified atom stereocenters. The van der Waals surface area contributed by atoms with Gasteiger partial charge in [0.1, 0.15) is 0 Å². The van der Waals surface area contributed by atoms with Crippen molar-refractivity contribution in [1.29, 1.82) is 0 Å². The van der Waals surface area contributed by atoms with Crippen LogP contribution in [-0.4, -0.2) is 19.3 Å². The van der Waals surface area contributed by atoms with Gasteiger partial charge in [-0.2, -0.15) is 0 Å². The fourth-order valence-corrected chi connectivity index (χ4v) is 1.53. The van der Waals surface area contributed by atoms with E-state index in [9.17, 15) is 0 Å². The summed E-state index contributed by atoms with van der Waals surface area (Å²) in [6.07, 6.45) is 11.0. The van der Waals surface area contributed by atoms with Gasteiger partial charge < -0.3 is 10.5 Å². The van der Waals surface area contributed by atoms with Crippen LogP contribution in [0.3, 0.4) is 0 Å². The molecule has 0 aromatic rings. The molecule has 0 heterocycles. The Morgan fingerprint density at radius 1 is 1.25 bits per heavy atom. The summed E-state index contributed by atoms with van der Waals surface area (Å²) >= 11 is 0. The van der Waals surface area contributed by atoms with Crippen molar-refractivity contribution in [2.45, 2.75) is 38.2 Å². The Labute approximate surface area is 74.8 Å². The zero-order valence-corrected chi connectivity index (χ0v) is 7.67. The molecule has 70 valence electrons. The monoisotopic (exact) mass is 169 g/mol. The Kier molecular flexibility index (Phi) is 5.04. The lowest BCUT2D eigenvalue weighted by Gasteiger charge is -2.17. The van der Waals surface area contributed by atoms with Gasteiger partial charge in [0, 0.05) is 6.54 Å². The van der Waals surface area contributed by atoms with Gasteiger partial charge in [-0.1, -0.05) is 12.2 Å². The number of hydrogen-bond acceptors (Lipinski definition) is 2. The van der Waals surface area contributed by atoms with Crippen LogP contribution in [0.5, 0.6) is 0 Å². The minimum Gasteiger partial charge on any atom is -0.377 e. The van der Waals surface area contributed by atoms with Crippen LogP contribution in [0, 0.1) is 0 Å². The summed E-state index contributed by atoms with van der Waals surface area (Å²) in [7, 11) is 0. The van der Waals surface area contributed by atoms with Crippen LogP contribution < -0.4 is 5.73 Å².